The molecule has 0 saturated carbocycles. The van der Waals surface area contributed by atoms with Crippen LogP contribution in [0.15, 0.2) is 35.2 Å². The van der Waals surface area contributed by atoms with Crippen LogP contribution in [0.4, 0.5) is 16.0 Å². The summed E-state index contributed by atoms with van der Waals surface area (Å²) in [6.07, 6.45) is 0. The van der Waals surface area contributed by atoms with E-state index in [9.17, 15) is 12.8 Å². The molecule has 3 rings (SSSR count). The number of sulfonamides is 1. The van der Waals surface area contributed by atoms with Crippen LogP contribution in [-0.2, 0) is 14.8 Å². The monoisotopic (exact) mass is 395 g/mol. The van der Waals surface area contributed by atoms with Gasteiger partial charge < -0.3 is 10.1 Å². The summed E-state index contributed by atoms with van der Waals surface area (Å²) in [5.41, 5.74) is 0.253. The molecule has 10 heteroatoms. The van der Waals surface area contributed by atoms with Gasteiger partial charge in [-0.2, -0.15) is 0 Å². The van der Waals surface area contributed by atoms with Gasteiger partial charge in [0, 0.05) is 26.2 Å². The molecule has 27 heavy (non-hydrogen) atoms. The van der Waals surface area contributed by atoms with Gasteiger partial charge in [0.25, 0.3) is 10.0 Å². The zero-order valence-corrected chi connectivity index (χ0v) is 15.8. The van der Waals surface area contributed by atoms with Gasteiger partial charge in [0.2, 0.25) is 0 Å². The van der Waals surface area contributed by atoms with Gasteiger partial charge in [0.1, 0.15) is 11.6 Å². The first-order valence-corrected chi connectivity index (χ1v) is 10.1. The van der Waals surface area contributed by atoms with Crippen molar-refractivity contribution in [2.75, 3.05) is 49.4 Å². The number of aryl methyl sites for hydroxylation is 1. The Kier molecular flexibility index (Phi) is 6.19. The Labute approximate surface area is 157 Å². The zero-order valence-electron chi connectivity index (χ0n) is 15.0. The lowest BCUT2D eigenvalue weighted by Crippen LogP contribution is -2.39. The number of nitrogens with zero attached hydrogens (tertiary/aromatic N) is 3. The molecule has 1 fully saturated rings. The van der Waals surface area contributed by atoms with Crippen molar-refractivity contribution in [3.8, 4) is 0 Å². The van der Waals surface area contributed by atoms with Gasteiger partial charge in [-0.05, 0) is 42.8 Å². The Balaban J connectivity index is 1.55. The molecule has 8 nitrogen and oxygen atoms in total. The first-order valence-electron chi connectivity index (χ1n) is 8.61. The highest BCUT2D eigenvalue weighted by Gasteiger charge is 2.16. The highest BCUT2D eigenvalue weighted by atomic mass is 32.2. The van der Waals surface area contributed by atoms with E-state index in [1.165, 1.54) is 25.1 Å². The maximum absolute atomic E-state index is 13.3. The molecule has 0 unspecified atom stereocenters. The average molecular weight is 395 g/mol. The van der Waals surface area contributed by atoms with Gasteiger partial charge in [-0.25, -0.2) is 12.8 Å². The van der Waals surface area contributed by atoms with Gasteiger partial charge >= 0.3 is 0 Å². The van der Waals surface area contributed by atoms with Gasteiger partial charge in [0.05, 0.1) is 18.1 Å². The fourth-order valence-corrected chi connectivity index (χ4v) is 3.71. The summed E-state index contributed by atoms with van der Waals surface area (Å²) in [5.74, 6) is 0.195. The summed E-state index contributed by atoms with van der Waals surface area (Å²) in [7, 11) is -3.85. The third-order valence-corrected chi connectivity index (χ3v) is 5.53. The number of aromatic nitrogens is 2. The van der Waals surface area contributed by atoms with Gasteiger partial charge in [0.15, 0.2) is 5.82 Å². The molecule has 0 radical (unpaired) electrons. The average Bonchev–Trinajstić information content (AvgIpc) is 2.66. The van der Waals surface area contributed by atoms with Crippen LogP contribution >= 0.6 is 0 Å². The van der Waals surface area contributed by atoms with Crippen molar-refractivity contribution >= 4 is 21.7 Å². The van der Waals surface area contributed by atoms with Crippen molar-refractivity contribution < 1.29 is 17.5 Å². The largest absolute Gasteiger partial charge is 0.379 e. The first-order chi connectivity index (χ1) is 12.9. The van der Waals surface area contributed by atoms with Gasteiger partial charge in [-0.3, -0.25) is 9.62 Å². The van der Waals surface area contributed by atoms with Gasteiger partial charge in [-0.15, -0.1) is 10.2 Å². The standard InChI is InChI=1S/C17H22FN5O3S/c1-13-12-14(2-3-15(13)18)27(24,25)22-17-5-4-16(20-21-17)19-6-7-23-8-10-26-11-9-23/h2-5,12H,6-11H2,1H3,(H,19,20)(H,21,22). The smallest absolute Gasteiger partial charge is 0.263 e. The Morgan fingerprint density at radius 3 is 2.52 bits per heavy atom. The number of hydrogen-bond donors (Lipinski definition) is 2. The van der Waals surface area contributed by atoms with E-state index >= 15 is 0 Å². The lowest BCUT2D eigenvalue weighted by atomic mass is 10.2. The minimum absolute atomic E-state index is 0.0316. The molecule has 1 aliphatic heterocycles. The molecule has 1 saturated heterocycles. The molecular weight excluding hydrogens is 373 g/mol. The van der Waals surface area contributed by atoms with E-state index in [2.05, 4.69) is 25.1 Å². The number of hydrogen-bond acceptors (Lipinski definition) is 7. The van der Waals surface area contributed by atoms with Gasteiger partial charge in [-0.1, -0.05) is 0 Å². The van der Waals surface area contributed by atoms with Crippen molar-refractivity contribution in [2.45, 2.75) is 11.8 Å². The fourth-order valence-electron chi connectivity index (χ4n) is 2.63. The molecular formula is C17H22FN5O3S. The van der Waals surface area contributed by atoms with E-state index in [4.69, 9.17) is 4.74 Å². The number of benzene rings is 1. The molecule has 2 aromatic rings. The van der Waals surface area contributed by atoms with Crippen molar-refractivity contribution in [2.24, 2.45) is 0 Å². The second-order valence-electron chi connectivity index (χ2n) is 6.20. The zero-order chi connectivity index (χ0) is 19.3. The van der Waals surface area contributed by atoms with Crippen LogP contribution in [0, 0.1) is 12.7 Å². The molecule has 2 N–H and O–H groups in total. The second-order valence-corrected chi connectivity index (χ2v) is 7.88. The molecule has 0 amide bonds. The Morgan fingerprint density at radius 2 is 1.85 bits per heavy atom. The molecule has 1 aliphatic rings. The van der Waals surface area contributed by atoms with E-state index in [-0.39, 0.29) is 16.3 Å². The summed E-state index contributed by atoms with van der Waals surface area (Å²) in [4.78, 5) is 2.26. The topological polar surface area (TPSA) is 96.5 Å². The molecule has 0 bridgehead atoms. The molecule has 2 heterocycles. The quantitative estimate of drug-likeness (QED) is 0.733. The molecule has 1 aromatic heterocycles. The number of anilines is 2. The Bertz CT molecular complexity index is 871. The molecule has 1 aromatic carbocycles. The van der Waals surface area contributed by atoms with Crippen LogP contribution in [0.1, 0.15) is 5.56 Å². The summed E-state index contributed by atoms with van der Waals surface area (Å²) in [6, 6.07) is 6.78. The first kappa shape index (κ1) is 19.5. The van der Waals surface area contributed by atoms with Crippen LogP contribution in [0.3, 0.4) is 0 Å². The van der Waals surface area contributed by atoms with E-state index in [0.29, 0.717) is 12.4 Å². The molecule has 0 spiro atoms. The highest BCUT2D eigenvalue weighted by Crippen LogP contribution is 2.17. The number of halogens is 1. The number of nitrogens with one attached hydrogen (secondary N) is 2. The van der Waals surface area contributed by atoms with Crippen LogP contribution < -0.4 is 10.0 Å². The summed E-state index contributed by atoms with van der Waals surface area (Å²) in [5, 5.41) is 11.0. The minimum atomic E-state index is -3.85. The highest BCUT2D eigenvalue weighted by molar-refractivity contribution is 7.92. The van der Waals surface area contributed by atoms with E-state index < -0.39 is 15.8 Å². The summed E-state index contributed by atoms with van der Waals surface area (Å²) in [6.45, 7) is 6.40. The lowest BCUT2D eigenvalue weighted by Gasteiger charge is -2.26. The number of rotatable bonds is 7. The SMILES string of the molecule is Cc1cc(S(=O)(=O)Nc2ccc(NCCN3CCOCC3)nn2)ccc1F. The van der Waals surface area contributed by atoms with Crippen molar-refractivity contribution in [3.05, 3.63) is 41.7 Å². The molecule has 146 valence electrons. The van der Waals surface area contributed by atoms with E-state index in [1.54, 1.807) is 6.07 Å². The fraction of sp³-hybridized carbons (Fsp3) is 0.412. The van der Waals surface area contributed by atoms with Crippen LogP contribution in [0.2, 0.25) is 0 Å². The second kappa shape index (κ2) is 8.59. The maximum atomic E-state index is 13.3. The normalized spacial score (nSPS) is 15.5. The molecule has 0 atom stereocenters. The molecule has 0 aliphatic carbocycles. The lowest BCUT2D eigenvalue weighted by molar-refractivity contribution is 0.0398. The third kappa shape index (κ3) is 5.34. The maximum Gasteiger partial charge on any atom is 0.263 e. The predicted octanol–water partition coefficient (Wildman–Crippen LogP) is 1.47. The summed E-state index contributed by atoms with van der Waals surface area (Å²) < 4.78 is 45.7. The van der Waals surface area contributed by atoms with Crippen LogP contribution in [0.5, 0.6) is 0 Å². The third-order valence-electron chi connectivity index (χ3n) is 4.18. The van der Waals surface area contributed by atoms with Crippen LogP contribution in [0.25, 0.3) is 0 Å². The Morgan fingerprint density at radius 1 is 1.15 bits per heavy atom. The minimum Gasteiger partial charge on any atom is -0.379 e. The number of ether oxygens (including phenoxy) is 1. The van der Waals surface area contributed by atoms with Crippen molar-refractivity contribution in [1.29, 1.82) is 0 Å². The summed E-state index contributed by atoms with van der Waals surface area (Å²) >= 11 is 0. The van der Waals surface area contributed by atoms with Crippen molar-refractivity contribution in [1.82, 2.24) is 15.1 Å². The van der Waals surface area contributed by atoms with E-state index in [1.807, 2.05) is 0 Å². The Hall–Kier alpha value is -2.30. The number of morpholine rings is 1. The van der Waals surface area contributed by atoms with Crippen molar-refractivity contribution in [3.63, 3.8) is 0 Å². The van der Waals surface area contributed by atoms with E-state index in [0.717, 1.165) is 38.9 Å². The predicted molar refractivity (Wildman–Crippen MR) is 99.7 cm³/mol. The van der Waals surface area contributed by atoms with Crippen LogP contribution in [-0.4, -0.2) is 62.9 Å².